The smallest absolute Gasteiger partial charge is 0.321 e. The van der Waals surface area contributed by atoms with Gasteiger partial charge in [-0.3, -0.25) is 4.79 Å². The lowest BCUT2D eigenvalue weighted by molar-refractivity contribution is -0.139. The summed E-state index contributed by atoms with van der Waals surface area (Å²) in [5.74, 6) is -1.69. The van der Waals surface area contributed by atoms with Crippen LogP contribution in [-0.2, 0) is 25.1 Å². The average molecular weight is 301 g/mol. The fourth-order valence-corrected chi connectivity index (χ4v) is 3.03. The lowest BCUT2D eigenvalue weighted by Gasteiger charge is -2.08. The van der Waals surface area contributed by atoms with E-state index in [1.807, 2.05) is 0 Å². The van der Waals surface area contributed by atoms with Gasteiger partial charge in [0.05, 0.1) is 12.4 Å². The number of ether oxygens (including phenoxy) is 1. The van der Waals surface area contributed by atoms with E-state index in [1.54, 1.807) is 31.2 Å². The number of hydrogen-bond donors (Lipinski definition) is 1. The average Bonchev–Trinajstić information content (AvgIpc) is 2.28. The quantitative estimate of drug-likeness (QED) is 0.618. The summed E-state index contributed by atoms with van der Waals surface area (Å²) in [6, 6.07) is 6.68. The fraction of sp³-hybridized carbons (Fsp3) is 0.333. The highest BCUT2D eigenvalue weighted by Crippen LogP contribution is 2.13. The van der Waals surface area contributed by atoms with E-state index in [0.717, 1.165) is 0 Å². The summed E-state index contributed by atoms with van der Waals surface area (Å²) in [7, 11) is -3.60. The van der Waals surface area contributed by atoms with Gasteiger partial charge in [0.2, 0.25) is 0 Å². The summed E-state index contributed by atoms with van der Waals surface area (Å²) in [5, 5.41) is 0. The van der Waals surface area contributed by atoms with E-state index in [4.69, 9.17) is 18.0 Å². The number of carbonyl (C=O) groups excluding carboxylic acids is 1. The van der Waals surface area contributed by atoms with Crippen LogP contribution in [0.25, 0.3) is 0 Å². The Balaban J connectivity index is 2.90. The third kappa shape index (κ3) is 4.96. The third-order valence-electron chi connectivity index (χ3n) is 2.30. The van der Waals surface area contributed by atoms with Crippen LogP contribution in [0.5, 0.6) is 0 Å². The van der Waals surface area contributed by atoms with Gasteiger partial charge in [-0.2, -0.15) is 0 Å². The summed E-state index contributed by atoms with van der Waals surface area (Å²) < 4.78 is 28.4. The van der Waals surface area contributed by atoms with Gasteiger partial charge < -0.3 is 10.5 Å². The van der Waals surface area contributed by atoms with Crippen LogP contribution in [0.1, 0.15) is 18.1 Å². The van der Waals surface area contributed by atoms with Crippen molar-refractivity contribution in [3.05, 3.63) is 35.4 Å². The lowest BCUT2D eigenvalue weighted by atomic mass is 10.1. The number of benzene rings is 1. The zero-order valence-electron chi connectivity index (χ0n) is 10.5. The topological polar surface area (TPSA) is 86.5 Å². The van der Waals surface area contributed by atoms with Crippen molar-refractivity contribution in [2.24, 2.45) is 5.73 Å². The van der Waals surface area contributed by atoms with Crippen LogP contribution >= 0.6 is 12.2 Å². The molecular formula is C12H15NO4S2. The van der Waals surface area contributed by atoms with Crippen molar-refractivity contribution in [3.63, 3.8) is 0 Å². The zero-order valence-corrected chi connectivity index (χ0v) is 12.1. The van der Waals surface area contributed by atoms with Crippen molar-refractivity contribution in [2.75, 3.05) is 12.4 Å². The highest BCUT2D eigenvalue weighted by atomic mass is 32.2. The molecule has 19 heavy (non-hydrogen) atoms. The van der Waals surface area contributed by atoms with E-state index in [1.165, 1.54) is 0 Å². The fourth-order valence-electron chi connectivity index (χ4n) is 1.56. The molecule has 0 bridgehead atoms. The van der Waals surface area contributed by atoms with Gasteiger partial charge in [0.15, 0.2) is 9.84 Å². The first-order valence-electron chi connectivity index (χ1n) is 5.59. The Morgan fingerprint density at radius 3 is 2.58 bits per heavy atom. The van der Waals surface area contributed by atoms with Crippen molar-refractivity contribution in [3.8, 4) is 0 Å². The zero-order chi connectivity index (χ0) is 14.5. The van der Waals surface area contributed by atoms with Crippen LogP contribution in [0.4, 0.5) is 0 Å². The number of esters is 1. The van der Waals surface area contributed by atoms with Crippen molar-refractivity contribution >= 4 is 33.0 Å². The molecule has 0 amide bonds. The van der Waals surface area contributed by atoms with Gasteiger partial charge in [-0.25, -0.2) is 8.42 Å². The molecule has 5 nitrogen and oxygen atoms in total. The molecule has 0 unspecified atom stereocenters. The number of nitrogens with two attached hydrogens (primary N) is 1. The Labute approximate surface area is 117 Å². The molecular weight excluding hydrogens is 286 g/mol. The predicted molar refractivity (Wildman–Crippen MR) is 76.5 cm³/mol. The first-order valence-corrected chi connectivity index (χ1v) is 7.82. The first kappa shape index (κ1) is 15.6. The molecule has 7 heteroatoms. The molecule has 0 atom stereocenters. The number of rotatable bonds is 6. The maximum Gasteiger partial charge on any atom is 0.321 e. The molecule has 0 saturated carbocycles. The minimum Gasteiger partial charge on any atom is -0.465 e. The summed E-state index contributed by atoms with van der Waals surface area (Å²) in [5.41, 5.74) is 6.52. The molecule has 0 aliphatic rings. The van der Waals surface area contributed by atoms with Crippen LogP contribution < -0.4 is 5.73 Å². The number of hydrogen-bond acceptors (Lipinski definition) is 5. The van der Waals surface area contributed by atoms with E-state index in [-0.39, 0.29) is 17.3 Å². The van der Waals surface area contributed by atoms with Gasteiger partial charge in [0, 0.05) is 5.56 Å². The van der Waals surface area contributed by atoms with Gasteiger partial charge in [-0.05, 0) is 12.5 Å². The molecule has 1 rings (SSSR count). The third-order valence-corrected chi connectivity index (χ3v) is 3.95. The van der Waals surface area contributed by atoms with Crippen LogP contribution in [0.2, 0.25) is 0 Å². The van der Waals surface area contributed by atoms with Crippen LogP contribution in [-0.4, -0.2) is 31.7 Å². The summed E-state index contributed by atoms with van der Waals surface area (Å²) in [6.07, 6.45) is 0. The van der Waals surface area contributed by atoms with E-state index in [9.17, 15) is 13.2 Å². The van der Waals surface area contributed by atoms with Crippen molar-refractivity contribution in [1.29, 1.82) is 0 Å². The minimum absolute atomic E-state index is 0.127. The maximum absolute atomic E-state index is 11.9. The molecule has 0 aromatic heterocycles. The molecule has 0 aliphatic carbocycles. The molecule has 0 heterocycles. The molecule has 0 radical (unpaired) electrons. The Morgan fingerprint density at radius 2 is 2.00 bits per heavy atom. The SMILES string of the molecule is CCOC(=O)CS(=O)(=O)Cc1ccccc1C(N)=S. The number of carbonyl (C=O) groups is 1. The minimum atomic E-state index is -3.60. The van der Waals surface area contributed by atoms with Gasteiger partial charge in [-0.1, -0.05) is 36.5 Å². The molecule has 0 saturated heterocycles. The van der Waals surface area contributed by atoms with E-state index >= 15 is 0 Å². The standard InChI is InChI=1S/C12H15NO4S2/c1-2-17-11(14)8-19(15,16)7-9-5-3-4-6-10(9)12(13)18/h3-6H,2,7-8H2,1H3,(H2,13,18). The van der Waals surface area contributed by atoms with E-state index < -0.39 is 21.6 Å². The van der Waals surface area contributed by atoms with Crippen LogP contribution in [0.3, 0.4) is 0 Å². The molecule has 2 N–H and O–H groups in total. The van der Waals surface area contributed by atoms with E-state index in [0.29, 0.717) is 11.1 Å². The lowest BCUT2D eigenvalue weighted by Crippen LogP contribution is -2.21. The second kappa shape index (κ2) is 6.63. The summed E-state index contributed by atoms with van der Waals surface area (Å²) in [4.78, 5) is 11.3. The van der Waals surface area contributed by atoms with Gasteiger partial charge in [-0.15, -0.1) is 0 Å². The Bertz CT molecular complexity index is 581. The van der Waals surface area contributed by atoms with Crippen molar-refractivity contribution in [2.45, 2.75) is 12.7 Å². The molecule has 0 fully saturated rings. The Morgan fingerprint density at radius 1 is 1.37 bits per heavy atom. The Hall–Kier alpha value is -1.47. The van der Waals surface area contributed by atoms with Crippen molar-refractivity contribution in [1.82, 2.24) is 0 Å². The summed E-state index contributed by atoms with van der Waals surface area (Å²) >= 11 is 4.86. The highest BCUT2D eigenvalue weighted by Gasteiger charge is 2.20. The van der Waals surface area contributed by atoms with Crippen molar-refractivity contribution < 1.29 is 17.9 Å². The molecule has 0 aliphatic heterocycles. The second-order valence-electron chi connectivity index (χ2n) is 3.86. The molecule has 0 spiro atoms. The predicted octanol–water partition coefficient (Wildman–Crippen LogP) is 0.799. The van der Waals surface area contributed by atoms with Gasteiger partial charge in [0.25, 0.3) is 0 Å². The maximum atomic E-state index is 11.9. The van der Waals surface area contributed by atoms with Crippen LogP contribution in [0.15, 0.2) is 24.3 Å². The largest absolute Gasteiger partial charge is 0.465 e. The second-order valence-corrected chi connectivity index (χ2v) is 6.36. The molecule has 104 valence electrons. The first-order chi connectivity index (χ1) is 8.85. The normalized spacial score (nSPS) is 11.0. The number of thiocarbonyl (C=S) groups is 1. The van der Waals surface area contributed by atoms with Crippen LogP contribution in [0, 0.1) is 0 Å². The Kier molecular flexibility index (Phi) is 5.44. The van der Waals surface area contributed by atoms with E-state index in [2.05, 4.69) is 4.74 Å². The van der Waals surface area contributed by atoms with Gasteiger partial charge in [0.1, 0.15) is 10.7 Å². The molecule has 1 aromatic carbocycles. The summed E-state index contributed by atoms with van der Waals surface area (Å²) in [6.45, 7) is 1.77. The van der Waals surface area contributed by atoms with Gasteiger partial charge >= 0.3 is 5.97 Å². The number of sulfone groups is 1. The highest BCUT2D eigenvalue weighted by molar-refractivity contribution is 7.91. The molecule has 1 aromatic rings. The monoisotopic (exact) mass is 301 g/mol.